The molecule has 1 fully saturated rings. The molecule has 0 atom stereocenters. The Kier molecular flexibility index (Phi) is 12.2. The van der Waals surface area contributed by atoms with Gasteiger partial charge in [0.15, 0.2) is 0 Å². The van der Waals surface area contributed by atoms with Crippen LogP contribution >= 0.6 is 0 Å². The quantitative estimate of drug-likeness (QED) is 0.569. The first-order chi connectivity index (χ1) is 6.86. The van der Waals surface area contributed by atoms with Gasteiger partial charge in [-0.25, -0.2) is 0 Å². The zero-order valence-electron chi connectivity index (χ0n) is 10.7. The molecule has 0 unspecified atom stereocenters. The van der Waals surface area contributed by atoms with E-state index >= 15 is 0 Å². The second-order valence-electron chi connectivity index (χ2n) is 3.04. The van der Waals surface area contributed by atoms with E-state index in [4.69, 9.17) is 0 Å². The summed E-state index contributed by atoms with van der Waals surface area (Å²) in [6.07, 6.45) is 2.26. The van der Waals surface area contributed by atoms with Crippen molar-refractivity contribution in [3.63, 3.8) is 0 Å². The molecule has 1 aliphatic rings. The molecule has 0 heterocycles. The molecule has 0 radical (unpaired) electrons. The zero-order chi connectivity index (χ0) is 10.4. The number of carbonyl (C=O) groups excluding carboxylic acids is 1. The van der Waals surface area contributed by atoms with Crippen LogP contribution in [-0.2, 0) is 0 Å². The minimum absolute atomic E-state index is 0. The Morgan fingerprint density at radius 1 is 1.31 bits per heavy atom. The average Bonchev–Trinajstić information content (AvgIpc) is 3.06. The third kappa shape index (κ3) is 6.81. The van der Waals surface area contributed by atoms with Gasteiger partial charge in [0, 0.05) is 6.04 Å². The van der Waals surface area contributed by atoms with E-state index in [9.17, 15) is 4.79 Å². The van der Waals surface area contributed by atoms with Crippen molar-refractivity contribution in [3.05, 3.63) is 43.3 Å². The standard InChI is InChI=1S/C10H10NO.C2H6.CH3.K/c12-10(11-9-6-7-9)8-4-2-1-3-5-8;1-2;;/h2-5,9H,6-7H2,(H,11,12);1-2H3;1H3;/q-1;;-1;+1. The maximum atomic E-state index is 11.4. The summed E-state index contributed by atoms with van der Waals surface area (Å²) in [6, 6.07) is 10.4. The molecule has 1 amide bonds. The number of nitrogens with one attached hydrogen (secondary N) is 1. The molecule has 84 valence electrons. The van der Waals surface area contributed by atoms with Gasteiger partial charge >= 0.3 is 51.4 Å². The maximum absolute atomic E-state index is 11.4. The fraction of sp³-hybridized carbons (Fsp3) is 0.385. The minimum Gasteiger partial charge on any atom is -0.358 e. The molecule has 2 rings (SSSR count). The van der Waals surface area contributed by atoms with Crippen LogP contribution in [0.15, 0.2) is 24.3 Å². The van der Waals surface area contributed by atoms with Gasteiger partial charge in [-0.3, -0.25) is 4.79 Å². The third-order valence-corrected chi connectivity index (χ3v) is 1.89. The van der Waals surface area contributed by atoms with Crippen molar-refractivity contribution in [2.24, 2.45) is 0 Å². The molecule has 0 spiro atoms. The second kappa shape index (κ2) is 10.5. The summed E-state index contributed by atoms with van der Waals surface area (Å²) in [5.74, 6) is 0.0338. The Hall–Kier alpha value is 0.326. The molecule has 3 heteroatoms. The van der Waals surface area contributed by atoms with Crippen LogP contribution in [0.25, 0.3) is 0 Å². The molecular formula is C13H19KNO-. The van der Waals surface area contributed by atoms with Crippen molar-refractivity contribution in [3.8, 4) is 0 Å². The predicted octanol–water partition coefficient (Wildman–Crippen LogP) is -0.141. The van der Waals surface area contributed by atoms with Gasteiger partial charge in [0.05, 0.1) is 0 Å². The van der Waals surface area contributed by atoms with Crippen molar-refractivity contribution in [2.75, 3.05) is 0 Å². The van der Waals surface area contributed by atoms with Gasteiger partial charge in [-0.05, 0) is 12.8 Å². The summed E-state index contributed by atoms with van der Waals surface area (Å²) >= 11 is 0. The van der Waals surface area contributed by atoms with Crippen LogP contribution < -0.4 is 56.7 Å². The molecular weight excluding hydrogens is 225 g/mol. The van der Waals surface area contributed by atoms with Gasteiger partial charge in [-0.15, -0.1) is 0 Å². The number of hydrogen-bond acceptors (Lipinski definition) is 1. The Labute approximate surface area is 142 Å². The number of rotatable bonds is 2. The van der Waals surface area contributed by atoms with Crippen molar-refractivity contribution in [1.82, 2.24) is 5.32 Å². The Bertz CT molecular complexity index is 283. The zero-order valence-corrected chi connectivity index (χ0v) is 13.8. The van der Waals surface area contributed by atoms with Crippen LogP contribution in [-0.4, -0.2) is 11.9 Å². The van der Waals surface area contributed by atoms with Gasteiger partial charge in [0.25, 0.3) is 0 Å². The fourth-order valence-corrected chi connectivity index (χ4v) is 1.03. The molecule has 0 aliphatic heterocycles. The van der Waals surface area contributed by atoms with E-state index in [0.717, 1.165) is 18.4 Å². The third-order valence-electron chi connectivity index (χ3n) is 1.89. The molecule has 0 bridgehead atoms. The number of hydrogen-bond donors (Lipinski definition) is 1. The molecule has 1 N–H and O–H groups in total. The van der Waals surface area contributed by atoms with Gasteiger partial charge in [-0.2, -0.15) is 30.3 Å². The number of carbonyl (C=O) groups is 1. The summed E-state index contributed by atoms with van der Waals surface area (Å²) in [5.41, 5.74) is 0.723. The van der Waals surface area contributed by atoms with Crippen molar-refractivity contribution in [2.45, 2.75) is 32.7 Å². The summed E-state index contributed by atoms with van der Waals surface area (Å²) in [7, 11) is 0. The van der Waals surface area contributed by atoms with E-state index in [1.165, 1.54) is 0 Å². The normalized spacial score (nSPS) is 12.1. The first kappa shape index (κ1) is 18.7. The molecule has 0 aromatic heterocycles. The van der Waals surface area contributed by atoms with Gasteiger partial charge in [-0.1, -0.05) is 19.4 Å². The van der Waals surface area contributed by atoms with Crippen molar-refractivity contribution in [1.29, 1.82) is 0 Å². The van der Waals surface area contributed by atoms with Crippen LogP contribution in [0.1, 0.15) is 37.0 Å². The maximum Gasteiger partial charge on any atom is 1.00 e. The van der Waals surface area contributed by atoms with E-state index in [1.54, 1.807) is 24.3 Å². The van der Waals surface area contributed by atoms with E-state index < -0.39 is 0 Å². The second-order valence-corrected chi connectivity index (χ2v) is 3.04. The minimum atomic E-state index is 0. The van der Waals surface area contributed by atoms with Gasteiger partial charge in [0.1, 0.15) is 0 Å². The molecule has 0 saturated heterocycles. The Morgan fingerprint density at radius 2 is 1.81 bits per heavy atom. The van der Waals surface area contributed by atoms with Crippen LogP contribution in [0.4, 0.5) is 0 Å². The van der Waals surface area contributed by atoms with Crippen molar-refractivity contribution >= 4 is 5.91 Å². The summed E-state index contributed by atoms with van der Waals surface area (Å²) in [6.45, 7) is 4.00. The average molecular weight is 244 g/mol. The molecule has 16 heavy (non-hydrogen) atoms. The smallest absolute Gasteiger partial charge is 0.358 e. The SMILES string of the molecule is CC.O=C(NC1CC1)c1cc[c-]cc1.[CH3-].[K+]. The number of benzene rings is 1. The molecule has 1 saturated carbocycles. The molecule has 1 aromatic carbocycles. The van der Waals surface area contributed by atoms with Gasteiger partial charge in [0.2, 0.25) is 5.91 Å². The Balaban J connectivity index is 0. The summed E-state index contributed by atoms with van der Waals surface area (Å²) in [5, 5.41) is 2.92. The first-order valence-electron chi connectivity index (χ1n) is 5.13. The molecule has 1 aliphatic carbocycles. The van der Waals surface area contributed by atoms with Crippen LogP contribution in [0, 0.1) is 13.5 Å². The van der Waals surface area contributed by atoms with Gasteiger partial charge < -0.3 is 12.7 Å². The van der Waals surface area contributed by atoms with E-state index in [-0.39, 0.29) is 64.7 Å². The number of amides is 1. The van der Waals surface area contributed by atoms with Crippen LogP contribution in [0.5, 0.6) is 0 Å². The predicted molar refractivity (Wildman–Crippen MR) is 63.5 cm³/mol. The summed E-state index contributed by atoms with van der Waals surface area (Å²) < 4.78 is 0. The largest absolute Gasteiger partial charge is 1.00 e. The van der Waals surface area contributed by atoms with Crippen molar-refractivity contribution < 1.29 is 56.2 Å². The van der Waals surface area contributed by atoms with Crippen LogP contribution in [0.3, 0.4) is 0 Å². The van der Waals surface area contributed by atoms with E-state index in [0.29, 0.717) is 6.04 Å². The molecule has 2 nitrogen and oxygen atoms in total. The fourth-order valence-electron chi connectivity index (χ4n) is 1.03. The topological polar surface area (TPSA) is 29.1 Å². The Morgan fingerprint density at radius 3 is 2.25 bits per heavy atom. The van der Waals surface area contributed by atoms with E-state index in [2.05, 4.69) is 11.4 Å². The summed E-state index contributed by atoms with van der Waals surface area (Å²) in [4.78, 5) is 11.4. The monoisotopic (exact) mass is 244 g/mol. The van der Waals surface area contributed by atoms with E-state index in [1.807, 2.05) is 13.8 Å². The molecule has 1 aromatic rings. The van der Waals surface area contributed by atoms with Crippen LogP contribution in [0.2, 0.25) is 0 Å². The first-order valence-corrected chi connectivity index (χ1v) is 5.13.